The summed E-state index contributed by atoms with van der Waals surface area (Å²) in [4.78, 5) is 10.7. The van der Waals surface area contributed by atoms with Crippen LogP contribution < -0.4 is 0 Å². The van der Waals surface area contributed by atoms with Gasteiger partial charge in [-0.1, -0.05) is 18.2 Å². The topological polar surface area (TPSA) is 61.1 Å². The number of carboxylic acids is 1. The first kappa shape index (κ1) is 14.6. The summed E-state index contributed by atoms with van der Waals surface area (Å²) in [7, 11) is 0. The molecular formula is C15H8F3NO2. The van der Waals surface area contributed by atoms with Crippen molar-refractivity contribution in [1.82, 2.24) is 0 Å². The molecule has 0 bridgehead atoms. The van der Waals surface area contributed by atoms with Gasteiger partial charge in [-0.05, 0) is 35.4 Å². The van der Waals surface area contributed by atoms with Gasteiger partial charge in [-0.15, -0.1) is 0 Å². The van der Waals surface area contributed by atoms with Crippen LogP contribution in [0.15, 0.2) is 42.5 Å². The number of nitrogens with zero attached hydrogens (tertiary/aromatic N) is 1. The van der Waals surface area contributed by atoms with Crippen molar-refractivity contribution in [3.63, 3.8) is 0 Å². The van der Waals surface area contributed by atoms with Crippen molar-refractivity contribution < 1.29 is 23.1 Å². The molecule has 0 aliphatic carbocycles. The van der Waals surface area contributed by atoms with Gasteiger partial charge in [-0.2, -0.15) is 18.4 Å². The van der Waals surface area contributed by atoms with Crippen LogP contribution in [-0.4, -0.2) is 11.1 Å². The summed E-state index contributed by atoms with van der Waals surface area (Å²) in [6.07, 6.45) is -4.62. The monoisotopic (exact) mass is 291 g/mol. The van der Waals surface area contributed by atoms with Crippen LogP contribution >= 0.6 is 0 Å². The van der Waals surface area contributed by atoms with Gasteiger partial charge in [0.2, 0.25) is 0 Å². The highest BCUT2D eigenvalue weighted by Gasteiger charge is 2.33. The number of nitriles is 1. The molecule has 1 N–H and O–H groups in total. The molecular weight excluding hydrogens is 283 g/mol. The molecule has 106 valence electrons. The van der Waals surface area contributed by atoms with E-state index >= 15 is 0 Å². The number of hydrogen-bond acceptors (Lipinski definition) is 2. The molecule has 0 unspecified atom stereocenters. The van der Waals surface area contributed by atoms with Crippen LogP contribution in [0.2, 0.25) is 0 Å². The normalized spacial score (nSPS) is 11.0. The lowest BCUT2D eigenvalue weighted by atomic mass is 9.98. The van der Waals surface area contributed by atoms with Crippen LogP contribution in [0.5, 0.6) is 0 Å². The van der Waals surface area contributed by atoms with Gasteiger partial charge in [0.15, 0.2) is 0 Å². The first-order chi connectivity index (χ1) is 9.82. The summed E-state index contributed by atoms with van der Waals surface area (Å²) in [6, 6.07) is 10.3. The molecule has 0 aromatic heterocycles. The molecule has 3 nitrogen and oxygen atoms in total. The Labute approximate surface area is 117 Å². The minimum atomic E-state index is -4.62. The Kier molecular flexibility index (Phi) is 3.68. The third-order valence-corrected chi connectivity index (χ3v) is 2.91. The van der Waals surface area contributed by atoms with E-state index in [0.29, 0.717) is 5.56 Å². The van der Waals surface area contributed by atoms with E-state index in [1.54, 1.807) is 0 Å². The van der Waals surface area contributed by atoms with Gasteiger partial charge < -0.3 is 5.11 Å². The van der Waals surface area contributed by atoms with Crippen molar-refractivity contribution in [2.24, 2.45) is 0 Å². The minimum Gasteiger partial charge on any atom is -0.478 e. The fourth-order valence-electron chi connectivity index (χ4n) is 1.86. The second-order valence-corrected chi connectivity index (χ2v) is 4.25. The zero-order valence-electron chi connectivity index (χ0n) is 10.5. The maximum absolute atomic E-state index is 12.9. The van der Waals surface area contributed by atoms with Crippen molar-refractivity contribution in [3.8, 4) is 17.2 Å². The van der Waals surface area contributed by atoms with E-state index in [2.05, 4.69) is 0 Å². The minimum absolute atomic E-state index is 0.0449. The van der Waals surface area contributed by atoms with Gasteiger partial charge in [0, 0.05) is 0 Å². The number of benzene rings is 2. The van der Waals surface area contributed by atoms with Crippen molar-refractivity contribution in [3.05, 3.63) is 59.2 Å². The Balaban J connectivity index is 2.50. The number of alkyl halides is 3. The number of aromatic carboxylic acids is 1. The predicted octanol–water partition coefficient (Wildman–Crippen LogP) is 3.94. The van der Waals surface area contributed by atoms with Crippen molar-refractivity contribution in [2.75, 3.05) is 0 Å². The smallest absolute Gasteiger partial charge is 0.417 e. The van der Waals surface area contributed by atoms with E-state index in [9.17, 15) is 18.0 Å². The number of rotatable bonds is 2. The summed E-state index contributed by atoms with van der Waals surface area (Å²) in [5.41, 5.74) is -0.713. The highest BCUT2D eigenvalue weighted by atomic mass is 19.4. The lowest BCUT2D eigenvalue weighted by molar-refractivity contribution is -0.137. The Morgan fingerprint density at radius 3 is 2.10 bits per heavy atom. The Hall–Kier alpha value is -2.81. The highest BCUT2D eigenvalue weighted by molar-refractivity contribution is 5.88. The molecule has 0 fully saturated rings. The number of hydrogen-bond donors (Lipinski definition) is 1. The van der Waals surface area contributed by atoms with Gasteiger partial charge in [-0.3, -0.25) is 0 Å². The third-order valence-electron chi connectivity index (χ3n) is 2.91. The van der Waals surface area contributed by atoms with Crippen LogP contribution in [0.1, 0.15) is 21.5 Å². The molecule has 0 aliphatic rings. The lowest BCUT2D eigenvalue weighted by Gasteiger charge is -2.11. The predicted molar refractivity (Wildman–Crippen MR) is 68.6 cm³/mol. The number of carbonyl (C=O) groups is 1. The van der Waals surface area contributed by atoms with E-state index in [-0.39, 0.29) is 11.1 Å². The van der Waals surface area contributed by atoms with E-state index in [0.717, 1.165) is 12.1 Å². The average molecular weight is 291 g/mol. The molecule has 2 aromatic carbocycles. The highest BCUT2D eigenvalue weighted by Crippen LogP contribution is 2.34. The van der Waals surface area contributed by atoms with Gasteiger partial charge in [0.1, 0.15) is 0 Å². The summed E-state index contributed by atoms with van der Waals surface area (Å²) in [5.74, 6) is -1.11. The largest absolute Gasteiger partial charge is 0.478 e. The molecule has 2 rings (SSSR count). The fraction of sp³-hybridized carbons (Fsp3) is 0.0667. The molecule has 2 aromatic rings. The second kappa shape index (κ2) is 5.29. The van der Waals surface area contributed by atoms with E-state index in [4.69, 9.17) is 10.4 Å². The van der Waals surface area contributed by atoms with Crippen LogP contribution in [-0.2, 0) is 6.18 Å². The molecule has 0 spiro atoms. The maximum Gasteiger partial charge on any atom is 0.417 e. The van der Waals surface area contributed by atoms with Crippen LogP contribution in [0.4, 0.5) is 13.2 Å². The SMILES string of the molecule is N#Cc1ccc(-c2ccc(C(=O)O)cc2)cc1C(F)(F)F. The Morgan fingerprint density at radius 1 is 1.05 bits per heavy atom. The van der Waals surface area contributed by atoms with E-state index < -0.39 is 23.3 Å². The van der Waals surface area contributed by atoms with Crippen LogP contribution in [0.3, 0.4) is 0 Å². The van der Waals surface area contributed by atoms with Gasteiger partial charge in [0.25, 0.3) is 0 Å². The Morgan fingerprint density at radius 2 is 1.62 bits per heavy atom. The van der Waals surface area contributed by atoms with Crippen LogP contribution in [0.25, 0.3) is 11.1 Å². The standard InChI is InChI=1S/C15H8F3NO2/c16-15(17,18)13-7-11(5-6-12(13)8-19)9-1-3-10(4-2-9)14(20)21/h1-7H,(H,20,21). The molecule has 0 radical (unpaired) electrons. The number of carboxylic acid groups (broad SMARTS) is 1. The fourth-order valence-corrected chi connectivity index (χ4v) is 1.86. The maximum atomic E-state index is 12.9. The summed E-state index contributed by atoms with van der Waals surface area (Å²) >= 11 is 0. The summed E-state index contributed by atoms with van der Waals surface area (Å²) in [5, 5.41) is 17.5. The van der Waals surface area contributed by atoms with Crippen molar-refractivity contribution in [2.45, 2.75) is 6.18 Å². The second-order valence-electron chi connectivity index (χ2n) is 4.25. The van der Waals surface area contributed by atoms with Gasteiger partial charge in [-0.25, -0.2) is 4.79 Å². The van der Waals surface area contributed by atoms with Crippen molar-refractivity contribution >= 4 is 5.97 Å². The summed E-state index contributed by atoms with van der Waals surface area (Å²) < 4.78 is 38.6. The molecule has 0 aliphatic heterocycles. The zero-order chi connectivity index (χ0) is 15.6. The third kappa shape index (κ3) is 3.03. The summed E-state index contributed by atoms with van der Waals surface area (Å²) in [6.45, 7) is 0. The Bertz CT molecular complexity index is 728. The quantitative estimate of drug-likeness (QED) is 0.911. The number of halogens is 3. The average Bonchev–Trinajstić information content (AvgIpc) is 2.45. The molecule has 6 heteroatoms. The van der Waals surface area contributed by atoms with Crippen molar-refractivity contribution in [1.29, 1.82) is 5.26 Å². The first-order valence-corrected chi connectivity index (χ1v) is 5.78. The molecule has 0 amide bonds. The van der Waals surface area contributed by atoms with E-state index in [1.807, 2.05) is 0 Å². The van der Waals surface area contributed by atoms with Crippen LogP contribution in [0, 0.1) is 11.3 Å². The van der Waals surface area contributed by atoms with Gasteiger partial charge >= 0.3 is 12.1 Å². The van der Waals surface area contributed by atoms with Gasteiger partial charge in [0.05, 0.1) is 22.8 Å². The molecule has 0 atom stereocenters. The van der Waals surface area contributed by atoms with E-state index in [1.165, 1.54) is 36.4 Å². The molecule has 0 heterocycles. The molecule has 21 heavy (non-hydrogen) atoms. The zero-order valence-corrected chi connectivity index (χ0v) is 10.5. The molecule has 0 saturated carbocycles. The molecule has 0 saturated heterocycles. The first-order valence-electron chi connectivity index (χ1n) is 5.78. The lowest BCUT2D eigenvalue weighted by Crippen LogP contribution is -2.08.